The number of aryl methyl sites for hydroxylation is 1. The Morgan fingerprint density at radius 1 is 1.25 bits per heavy atom. The van der Waals surface area contributed by atoms with E-state index in [0.29, 0.717) is 0 Å². The van der Waals surface area contributed by atoms with Gasteiger partial charge < -0.3 is 15.5 Å². The Hall–Kier alpha value is -2.63. The molecule has 0 fully saturated rings. The molecule has 106 valence electrons. The first-order valence-electron chi connectivity index (χ1n) is 5.89. The molecule has 6 nitrogen and oxygen atoms in total. The summed E-state index contributed by atoms with van der Waals surface area (Å²) in [6.07, 6.45) is 2.06. The molecule has 3 N–H and O–H groups in total. The number of carbonyl (C=O) groups is 3. The molecule has 0 unspecified atom stereocenters. The van der Waals surface area contributed by atoms with Crippen molar-refractivity contribution in [3.05, 3.63) is 41.5 Å². The molecule has 0 aliphatic heterocycles. The second-order valence-electron chi connectivity index (χ2n) is 4.19. The van der Waals surface area contributed by atoms with E-state index in [9.17, 15) is 14.4 Å². The Balaban J connectivity index is 2.69. The van der Waals surface area contributed by atoms with Crippen LogP contribution in [0.15, 0.2) is 30.3 Å². The number of hydrogen-bond acceptors (Lipinski definition) is 3. The standard InChI is InChI=1S/C14H15NO5/c1-9-4-2-3-5-10(9)6-7-12(16)15-11(14(19)20)8-13(17)18/h2-7,11H,8H2,1H3,(H,15,16)(H,17,18)(H,19,20)/b7-6+/t11-/m0/s1. The minimum Gasteiger partial charge on any atom is -0.481 e. The highest BCUT2D eigenvalue weighted by Gasteiger charge is 2.21. The van der Waals surface area contributed by atoms with Gasteiger partial charge in [0.25, 0.3) is 0 Å². The molecule has 0 saturated carbocycles. The predicted octanol–water partition coefficient (Wildman–Crippen LogP) is 1.05. The van der Waals surface area contributed by atoms with E-state index in [2.05, 4.69) is 5.32 Å². The summed E-state index contributed by atoms with van der Waals surface area (Å²) in [6.45, 7) is 1.88. The zero-order valence-electron chi connectivity index (χ0n) is 10.9. The van der Waals surface area contributed by atoms with Gasteiger partial charge in [0, 0.05) is 6.08 Å². The molecule has 0 bridgehead atoms. The van der Waals surface area contributed by atoms with Crippen LogP contribution in [0.5, 0.6) is 0 Å². The lowest BCUT2D eigenvalue weighted by Gasteiger charge is -2.10. The third-order valence-electron chi connectivity index (χ3n) is 2.60. The summed E-state index contributed by atoms with van der Waals surface area (Å²) in [6, 6.07) is 5.92. The van der Waals surface area contributed by atoms with Crippen LogP contribution in [0.4, 0.5) is 0 Å². The molecule has 0 spiro atoms. The maximum absolute atomic E-state index is 11.6. The van der Waals surface area contributed by atoms with E-state index in [4.69, 9.17) is 10.2 Å². The van der Waals surface area contributed by atoms with Crippen molar-refractivity contribution in [1.29, 1.82) is 0 Å². The second kappa shape index (κ2) is 7.08. The van der Waals surface area contributed by atoms with Gasteiger partial charge in [-0.3, -0.25) is 9.59 Å². The molecule has 1 rings (SSSR count). The molecule has 6 heteroatoms. The molecule has 0 radical (unpaired) electrons. The van der Waals surface area contributed by atoms with Crippen LogP contribution < -0.4 is 5.32 Å². The molecule has 0 heterocycles. The lowest BCUT2D eigenvalue weighted by molar-refractivity contribution is -0.146. The fourth-order valence-corrected chi connectivity index (χ4v) is 1.53. The largest absolute Gasteiger partial charge is 0.481 e. The average molecular weight is 277 g/mol. The molecule has 20 heavy (non-hydrogen) atoms. The smallest absolute Gasteiger partial charge is 0.326 e. The number of carboxylic acid groups (broad SMARTS) is 2. The molecule has 0 aromatic heterocycles. The molecule has 1 aromatic rings. The number of nitrogens with one attached hydrogen (secondary N) is 1. The van der Waals surface area contributed by atoms with Gasteiger partial charge in [-0.15, -0.1) is 0 Å². The fraction of sp³-hybridized carbons (Fsp3) is 0.214. The van der Waals surface area contributed by atoms with Crippen molar-refractivity contribution in [3.8, 4) is 0 Å². The van der Waals surface area contributed by atoms with Crippen molar-refractivity contribution in [1.82, 2.24) is 5.32 Å². The summed E-state index contributed by atoms with van der Waals surface area (Å²) < 4.78 is 0. The lowest BCUT2D eigenvalue weighted by Crippen LogP contribution is -2.41. The van der Waals surface area contributed by atoms with Crippen LogP contribution in [0, 0.1) is 6.92 Å². The van der Waals surface area contributed by atoms with Crippen molar-refractivity contribution in [3.63, 3.8) is 0 Å². The maximum Gasteiger partial charge on any atom is 0.326 e. The van der Waals surface area contributed by atoms with Crippen LogP contribution in [0.3, 0.4) is 0 Å². The van der Waals surface area contributed by atoms with Crippen LogP contribution in [-0.2, 0) is 14.4 Å². The Bertz CT molecular complexity index is 550. The van der Waals surface area contributed by atoms with E-state index in [1.165, 1.54) is 6.08 Å². The quantitative estimate of drug-likeness (QED) is 0.674. The van der Waals surface area contributed by atoms with Gasteiger partial charge in [0.05, 0.1) is 6.42 Å². The first-order chi connectivity index (χ1) is 9.40. The van der Waals surface area contributed by atoms with Gasteiger partial charge >= 0.3 is 11.9 Å². The fourth-order valence-electron chi connectivity index (χ4n) is 1.53. The predicted molar refractivity (Wildman–Crippen MR) is 72.0 cm³/mol. The minimum atomic E-state index is -1.44. The number of aliphatic carboxylic acids is 2. The SMILES string of the molecule is Cc1ccccc1/C=C/C(=O)N[C@@H](CC(=O)O)C(=O)O. The summed E-state index contributed by atoms with van der Waals surface area (Å²) in [5, 5.41) is 19.5. The number of carboxylic acids is 2. The van der Waals surface area contributed by atoms with Gasteiger partial charge in [0.2, 0.25) is 5.91 Å². The zero-order valence-corrected chi connectivity index (χ0v) is 10.9. The van der Waals surface area contributed by atoms with Gasteiger partial charge in [0.15, 0.2) is 0 Å². The molecular formula is C14H15NO5. The molecule has 1 aromatic carbocycles. The van der Waals surface area contributed by atoms with Crippen LogP contribution >= 0.6 is 0 Å². The van der Waals surface area contributed by atoms with E-state index < -0.39 is 30.3 Å². The van der Waals surface area contributed by atoms with Gasteiger partial charge in [-0.05, 0) is 24.1 Å². The van der Waals surface area contributed by atoms with E-state index in [1.807, 2.05) is 31.2 Å². The van der Waals surface area contributed by atoms with Crippen molar-refractivity contribution >= 4 is 23.9 Å². The number of amides is 1. The zero-order chi connectivity index (χ0) is 15.1. The molecule has 0 saturated heterocycles. The highest BCUT2D eigenvalue weighted by molar-refractivity contribution is 5.95. The molecule has 1 atom stereocenters. The average Bonchev–Trinajstić information content (AvgIpc) is 2.36. The topological polar surface area (TPSA) is 104 Å². The normalized spacial score (nSPS) is 12.1. The van der Waals surface area contributed by atoms with Crippen molar-refractivity contribution in [2.24, 2.45) is 0 Å². The third-order valence-corrected chi connectivity index (χ3v) is 2.60. The minimum absolute atomic E-state index is 0.651. The summed E-state index contributed by atoms with van der Waals surface area (Å²) in [7, 11) is 0. The van der Waals surface area contributed by atoms with Crippen LogP contribution in [0.1, 0.15) is 17.5 Å². The number of hydrogen-bond donors (Lipinski definition) is 3. The highest BCUT2D eigenvalue weighted by atomic mass is 16.4. The molecule has 0 aliphatic rings. The summed E-state index contributed by atoms with van der Waals surface area (Å²) in [5.41, 5.74) is 1.80. The summed E-state index contributed by atoms with van der Waals surface area (Å²) in [4.78, 5) is 32.9. The Kier molecular flexibility index (Phi) is 5.46. The van der Waals surface area contributed by atoms with E-state index in [0.717, 1.165) is 11.1 Å². The first kappa shape index (κ1) is 15.4. The van der Waals surface area contributed by atoms with Gasteiger partial charge in [-0.2, -0.15) is 0 Å². The van der Waals surface area contributed by atoms with E-state index >= 15 is 0 Å². The summed E-state index contributed by atoms with van der Waals surface area (Å²) >= 11 is 0. The number of carbonyl (C=O) groups excluding carboxylic acids is 1. The monoisotopic (exact) mass is 277 g/mol. The van der Waals surface area contributed by atoms with Crippen LogP contribution in [-0.4, -0.2) is 34.1 Å². The maximum atomic E-state index is 11.6. The summed E-state index contributed by atoms with van der Waals surface area (Å²) in [5.74, 6) is -3.33. The van der Waals surface area contributed by atoms with Crippen LogP contribution in [0.25, 0.3) is 6.08 Å². The second-order valence-corrected chi connectivity index (χ2v) is 4.19. The third kappa shape index (κ3) is 4.93. The van der Waals surface area contributed by atoms with Gasteiger partial charge in [-0.1, -0.05) is 24.3 Å². The Morgan fingerprint density at radius 3 is 2.45 bits per heavy atom. The number of benzene rings is 1. The van der Waals surface area contributed by atoms with Gasteiger partial charge in [-0.25, -0.2) is 4.79 Å². The molecular weight excluding hydrogens is 262 g/mol. The van der Waals surface area contributed by atoms with Gasteiger partial charge in [0.1, 0.15) is 6.04 Å². The molecule has 0 aliphatic carbocycles. The number of rotatable bonds is 6. The van der Waals surface area contributed by atoms with Crippen molar-refractivity contribution in [2.75, 3.05) is 0 Å². The van der Waals surface area contributed by atoms with E-state index in [-0.39, 0.29) is 0 Å². The highest BCUT2D eigenvalue weighted by Crippen LogP contribution is 2.08. The van der Waals surface area contributed by atoms with Crippen molar-refractivity contribution < 1.29 is 24.6 Å². The van der Waals surface area contributed by atoms with Crippen molar-refractivity contribution in [2.45, 2.75) is 19.4 Å². The van der Waals surface area contributed by atoms with E-state index in [1.54, 1.807) is 6.08 Å². The van der Waals surface area contributed by atoms with Crippen LogP contribution in [0.2, 0.25) is 0 Å². The molecule has 1 amide bonds. The Morgan fingerprint density at radius 2 is 1.90 bits per heavy atom. The Labute approximate surface area is 115 Å². The lowest BCUT2D eigenvalue weighted by atomic mass is 10.1. The first-order valence-corrected chi connectivity index (χ1v) is 5.89.